The van der Waals surface area contributed by atoms with E-state index < -0.39 is 0 Å². The van der Waals surface area contributed by atoms with Gasteiger partial charge in [0.25, 0.3) is 0 Å². The Kier molecular flexibility index (Phi) is 7.96. The lowest BCUT2D eigenvalue weighted by Crippen LogP contribution is -2.24. The van der Waals surface area contributed by atoms with Crippen LogP contribution in [0.3, 0.4) is 0 Å². The van der Waals surface area contributed by atoms with E-state index in [0.29, 0.717) is 11.5 Å². The number of hydrogen-bond donors (Lipinski definition) is 1. The van der Waals surface area contributed by atoms with Gasteiger partial charge in [-0.3, -0.25) is 0 Å². The number of nitriles is 2. The molecule has 3 nitrogen and oxygen atoms in total. The molecule has 1 N–H and O–H groups in total. The van der Waals surface area contributed by atoms with Crippen molar-refractivity contribution in [3.8, 4) is 12.1 Å². The van der Waals surface area contributed by atoms with Gasteiger partial charge in [0.1, 0.15) is 17.7 Å². The Labute approximate surface area is 146 Å². The highest BCUT2D eigenvalue weighted by Gasteiger charge is 2.31. The number of allylic oxidation sites excluding steroid dienone is 3. The molecule has 126 valence electrons. The van der Waals surface area contributed by atoms with E-state index in [-0.39, 0.29) is 5.41 Å². The van der Waals surface area contributed by atoms with Crippen LogP contribution in [0.5, 0.6) is 0 Å². The van der Waals surface area contributed by atoms with Crippen LogP contribution in [-0.2, 0) is 0 Å². The topological polar surface area (TPSA) is 59.6 Å². The lowest BCUT2D eigenvalue weighted by Gasteiger charge is -2.35. The molecule has 1 aromatic carbocycles. The first-order valence-electron chi connectivity index (χ1n) is 8.29. The highest BCUT2D eigenvalue weighted by Crippen LogP contribution is 2.43. The van der Waals surface area contributed by atoms with Crippen molar-refractivity contribution < 1.29 is 0 Å². The molecule has 1 aliphatic rings. The van der Waals surface area contributed by atoms with Crippen molar-refractivity contribution in [2.45, 2.75) is 33.1 Å². The molecular weight excluding hydrogens is 294 g/mol. The van der Waals surface area contributed by atoms with E-state index in [2.05, 4.69) is 43.4 Å². The molecule has 0 saturated heterocycles. The second kappa shape index (κ2) is 9.71. The van der Waals surface area contributed by atoms with Gasteiger partial charge in [-0.15, -0.1) is 0 Å². The monoisotopic (exact) mass is 321 g/mol. The maximum atomic E-state index is 9.09. The van der Waals surface area contributed by atoms with Crippen molar-refractivity contribution in [2.24, 2.45) is 11.3 Å². The van der Waals surface area contributed by atoms with E-state index in [9.17, 15) is 0 Å². The molecule has 0 amide bonds. The largest absolute Gasteiger partial charge is 0.323 e. The maximum absolute atomic E-state index is 9.09. The number of rotatable bonds is 2. The molecule has 1 atom stereocenters. The number of hydrogen-bond acceptors (Lipinski definition) is 3. The van der Waals surface area contributed by atoms with Gasteiger partial charge in [-0.1, -0.05) is 56.3 Å². The Morgan fingerprint density at radius 3 is 2.29 bits per heavy atom. The lowest BCUT2D eigenvalue weighted by molar-refractivity contribution is 0.250. The Morgan fingerprint density at radius 1 is 1.17 bits per heavy atom. The zero-order valence-corrected chi connectivity index (χ0v) is 15.1. The molecule has 1 aliphatic carbocycles. The fourth-order valence-electron chi connectivity index (χ4n) is 3.14. The zero-order chi connectivity index (χ0) is 18.0. The van der Waals surface area contributed by atoms with E-state index >= 15 is 0 Å². The second-order valence-corrected chi connectivity index (χ2v) is 6.98. The SMILES string of the molecule is CC1(C)CC(=C(C#N)C#N)CC(C=Cc2ccccc2)C1.CNC. The predicted octanol–water partition coefficient (Wildman–Crippen LogP) is 4.71. The van der Waals surface area contributed by atoms with Gasteiger partial charge < -0.3 is 5.32 Å². The Bertz CT molecular complexity index is 639. The van der Waals surface area contributed by atoms with Crippen LogP contribution < -0.4 is 5.32 Å². The molecule has 0 aliphatic heterocycles. The van der Waals surface area contributed by atoms with Gasteiger partial charge in [-0.2, -0.15) is 10.5 Å². The summed E-state index contributed by atoms with van der Waals surface area (Å²) in [6, 6.07) is 14.3. The van der Waals surface area contributed by atoms with Gasteiger partial charge in [-0.05, 0) is 55.8 Å². The van der Waals surface area contributed by atoms with Gasteiger partial charge in [0.05, 0.1) is 0 Å². The first-order chi connectivity index (χ1) is 11.5. The molecular formula is C21H27N3. The number of nitrogens with zero attached hydrogens (tertiary/aromatic N) is 2. The third-order valence-electron chi connectivity index (χ3n) is 3.95. The first-order valence-corrected chi connectivity index (χ1v) is 8.29. The molecule has 0 heterocycles. The van der Waals surface area contributed by atoms with E-state index in [1.807, 2.05) is 44.4 Å². The average Bonchev–Trinajstić information content (AvgIpc) is 2.54. The molecule has 24 heavy (non-hydrogen) atoms. The summed E-state index contributed by atoms with van der Waals surface area (Å²) in [6.45, 7) is 4.42. The zero-order valence-electron chi connectivity index (χ0n) is 15.1. The average molecular weight is 321 g/mol. The summed E-state index contributed by atoms with van der Waals surface area (Å²) in [5.74, 6) is 0.389. The normalized spacial score (nSPS) is 18.9. The minimum absolute atomic E-state index is 0.137. The van der Waals surface area contributed by atoms with Gasteiger partial charge in [-0.25, -0.2) is 0 Å². The van der Waals surface area contributed by atoms with Crippen molar-refractivity contribution in [1.82, 2.24) is 5.32 Å². The Hall–Kier alpha value is -2.36. The second-order valence-electron chi connectivity index (χ2n) is 6.98. The van der Waals surface area contributed by atoms with Crippen LogP contribution in [0, 0.1) is 34.0 Å². The van der Waals surface area contributed by atoms with Gasteiger partial charge in [0.2, 0.25) is 0 Å². The van der Waals surface area contributed by atoms with Crippen LogP contribution in [0.1, 0.15) is 38.7 Å². The van der Waals surface area contributed by atoms with E-state index in [1.165, 1.54) is 5.56 Å². The van der Waals surface area contributed by atoms with Crippen LogP contribution in [0.4, 0.5) is 0 Å². The fourth-order valence-corrected chi connectivity index (χ4v) is 3.14. The predicted molar refractivity (Wildman–Crippen MR) is 99.8 cm³/mol. The van der Waals surface area contributed by atoms with E-state index in [4.69, 9.17) is 10.5 Å². The molecule has 2 rings (SSSR count). The summed E-state index contributed by atoms with van der Waals surface area (Å²) in [7, 11) is 3.75. The molecule has 3 heteroatoms. The summed E-state index contributed by atoms with van der Waals surface area (Å²) in [5, 5.41) is 20.9. The summed E-state index contributed by atoms with van der Waals surface area (Å²) in [6.07, 6.45) is 7.12. The fraction of sp³-hybridized carbons (Fsp3) is 0.429. The summed E-state index contributed by atoms with van der Waals surface area (Å²) in [5.41, 5.74) is 2.64. The Balaban J connectivity index is 0.000000891. The highest BCUT2D eigenvalue weighted by molar-refractivity contribution is 5.49. The van der Waals surface area contributed by atoms with E-state index in [1.54, 1.807) is 0 Å². The van der Waals surface area contributed by atoms with Crippen molar-refractivity contribution in [3.05, 3.63) is 53.1 Å². The molecule has 1 fully saturated rings. The van der Waals surface area contributed by atoms with Crippen LogP contribution in [-0.4, -0.2) is 14.1 Å². The quantitative estimate of drug-likeness (QED) is 0.803. The third kappa shape index (κ3) is 6.41. The summed E-state index contributed by atoms with van der Waals surface area (Å²) in [4.78, 5) is 0. The van der Waals surface area contributed by atoms with Crippen molar-refractivity contribution >= 4 is 6.08 Å². The van der Waals surface area contributed by atoms with Crippen LogP contribution >= 0.6 is 0 Å². The first kappa shape index (κ1) is 19.7. The van der Waals surface area contributed by atoms with Crippen molar-refractivity contribution in [2.75, 3.05) is 14.1 Å². The highest BCUT2D eigenvalue weighted by atomic mass is 14.7. The summed E-state index contributed by atoms with van der Waals surface area (Å²) >= 11 is 0. The van der Waals surface area contributed by atoms with Crippen molar-refractivity contribution in [1.29, 1.82) is 10.5 Å². The van der Waals surface area contributed by atoms with Crippen molar-refractivity contribution in [3.63, 3.8) is 0 Å². The molecule has 0 bridgehead atoms. The standard InChI is InChI=1S/C19H20N2.C2H7N/c1-19(2)11-16(9-8-15-6-4-3-5-7-15)10-17(12-19)18(13-20)14-21;1-3-2/h3-9,16H,10-12H2,1-2H3;3H,1-2H3. The van der Waals surface area contributed by atoms with Gasteiger partial charge in [0.15, 0.2) is 0 Å². The molecule has 1 saturated carbocycles. The lowest BCUT2D eigenvalue weighted by atomic mass is 9.69. The summed E-state index contributed by atoms with van der Waals surface area (Å²) < 4.78 is 0. The number of benzene rings is 1. The minimum atomic E-state index is 0.137. The van der Waals surface area contributed by atoms with Crippen LogP contribution in [0.2, 0.25) is 0 Å². The number of nitrogens with one attached hydrogen (secondary N) is 1. The minimum Gasteiger partial charge on any atom is -0.323 e. The smallest absolute Gasteiger partial charge is 0.128 e. The Morgan fingerprint density at radius 2 is 1.75 bits per heavy atom. The molecule has 1 unspecified atom stereocenters. The van der Waals surface area contributed by atoms with Crippen LogP contribution in [0.15, 0.2) is 47.6 Å². The molecule has 0 aromatic heterocycles. The molecule has 0 spiro atoms. The molecule has 0 radical (unpaired) electrons. The third-order valence-corrected chi connectivity index (χ3v) is 3.95. The van der Waals surface area contributed by atoms with E-state index in [0.717, 1.165) is 24.8 Å². The van der Waals surface area contributed by atoms with Gasteiger partial charge in [0, 0.05) is 0 Å². The molecule has 1 aromatic rings. The maximum Gasteiger partial charge on any atom is 0.128 e. The van der Waals surface area contributed by atoms with Gasteiger partial charge >= 0.3 is 0 Å². The van der Waals surface area contributed by atoms with Crippen LogP contribution in [0.25, 0.3) is 6.08 Å².